The molecule has 106 valence electrons. The van der Waals surface area contributed by atoms with E-state index < -0.39 is 0 Å². The fourth-order valence-electron chi connectivity index (χ4n) is 3.75. The predicted molar refractivity (Wildman–Crippen MR) is 82.7 cm³/mol. The Morgan fingerprint density at radius 2 is 1.83 bits per heavy atom. The molecule has 0 heterocycles. The van der Waals surface area contributed by atoms with Crippen LogP contribution in [0.5, 0.6) is 0 Å². The van der Waals surface area contributed by atoms with Gasteiger partial charge in [0.25, 0.3) is 0 Å². The average Bonchev–Trinajstić information content (AvgIpc) is 2.32. The van der Waals surface area contributed by atoms with Gasteiger partial charge in [0.1, 0.15) is 0 Å². The molecule has 4 unspecified atom stereocenters. The van der Waals surface area contributed by atoms with Crippen molar-refractivity contribution in [3.05, 3.63) is 12.2 Å². The Labute approximate surface area is 115 Å². The van der Waals surface area contributed by atoms with Gasteiger partial charge in [-0.15, -0.1) is 6.58 Å². The van der Waals surface area contributed by atoms with Crippen LogP contribution < -0.4 is 0 Å². The van der Waals surface area contributed by atoms with Crippen molar-refractivity contribution in [1.29, 1.82) is 0 Å². The summed E-state index contributed by atoms with van der Waals surface area (Å²) in [6.45, 7) is 13.5. The molecular formula is C18H34. The van der Waals surface area contributed by atoms with Crippen LogP contribution in [0.3, 0.4) is 0 Å². The minimum atomic E-state index is 0.948. The third-order valence-corrected chi connectivity index (χ3v) is 5.22. The summed E-state index contributed by atoms with van der Waals surface area (Å²) >= 11 is 0. The van der Waals surface area contributed by atoms with Gasteiger partial charge >= 0.3 is 0 Å². The van der Waals surface area contributed by atoms with Gasteiger partial charge in [0.2, 0.25) is 0 Å². The van der Waals surface area contributed by atoms with Gasteiger partial charge in [-0.2, -0.15) is 0 Å². The minimum Gasteiger partial charge on any atom is -0.100 e. The maximum absolute atomic E-state index is 3.98. The molecule has 0 aromatic carbocycles. The molecule has 0 N–H and O–H groups in total. The summed E-state index contributed by atoms with van der Waals surface area (Å²) < 4.78 is 0. The van der Waals surface area contributed by atoms with Crippen LogP contribution >= 0.6 is 0 Å². The quantitative estimate of drug-likeness (QED) is 0.371. The lowest BCUT2D eigenvalue weighted by molar-refractivity contribution is 0.119. The van der Waals surface area contributed by atoms with Crippen LogP contribution in [0.1, 0.15) is 79.1 Å². The molecule has 0 radical (unpaired) electrons. The molecule has 0 aromatic heterocycles. The van der Waals surface area contributed by atoms with Crippen LogP contribution in [-0.2, 0) is 0 Å². The smallest absolute Gasteiger partial charge is 0.0326 e. The second-order valence-electron chi connectivity index (χ2n) is 6.90. The molecule has 1 saturated carbocycles. The van der Waals surface area contributed by atoms with Gasteiger partial charge in [-0.1, -0.05) is 52.0 Å². The van der Waals surface area contributed by atoms with Gasteiger partial charge in [-0.3, -0.25) is 0 Å². The normalized spacial score (nSPS) is 32.4. The van der Waals surface area contributed by atoms with E-state index >= 15 is 0 Å². The standard InChI is InChI=1S/C18H34/c1-6-18-13-17(12-15(4)16(18)5)11-9-7-8-10-14(2)3/h15-18H,2,6-13H2,1,3-5H3. The molecule has 1 aliphatic rings. The van der Waals surface area contributed by atoms with Crippen LogP contribution in [0, 0.1) is 23.7 Å². The highest BCUT2D eigenvalue weighted by atomic mass is 14.4. The first-order chi connectivity index (χ1) is 8.54. The Hall–Kier alpha value is -0.260. The Morgan fingerprint density at radius 1 is 1.11 bits per heavy atom. The van der Waals surface area contributed by atoms with Crippen molar-refractivity contribution in [2.24, 2.45) is 23.7 Å². The van der Waals surface area contributed by atoms with E-state index in [1.165, 1.54) is 56.9 Å². The molecule has 0 amide bonds. The Balaban J connectivity index is 2.20. The minimum absolute atomic E-state index is 0.948. The maximum atomic E-state index is 3.98. The van der Waals surface area contributed by atoms with E-state index in [2.05, 4.69) is 34.3 Å². The molecule has 1 fully saturated rings. The maximum Gasteiger partial charge on any atom is -0.0326 e. The summed E-state index contributed by atoms with van der Waals surface area (Å²) in [5.41, 5.74) is 1.35. The Bertz CT molecular complexity index is 240. The number of unbranched alkanes of at least 4 members (excludes halogenated alkanes) is 2. The van der Waals surface area contributed by atoms with Crippen molar-refractivity contribution in [3.8, 4) is 0 Å². The summed E-state index contributed by atoms with van der Waals surface area (Å²) in [5.74, 6) is 3.92. The first-order valence-electron chi connectivity index (χ1n) is 8.19. The van der Waals surface area contributed by atoms with Crippen LogP contribution in [0.4, 0.5) is 0 Å². The summed E-state index contributed by atoms with van der Waals surface area (Å²) in [6.07, 6.45) is 11.3. The molecule has 0 spiro atoms. The van der Waals surface area contributed by atoms with Crippen LogP contribution in [0.15, 0.2) is 12.2 Å². The van der Waals surface area contributed by atoms with Crippen molar-refractivity contribution < 1.29 is 0 Å². The molecule has 0 heteroatoms. The molecule has 18 heavy (non-hydrogen) atoms. The van der Waals surface area contributed by atoms with Gasteiger partial charge in [0.05, 0.1) is 0 Å². The highest BCUT2D eigenvalue weighted by Gasteiger charge is 2.31. The largest absolute Gasteiger partial charge is 0.100 e. The zero-order valence-corrected chi connectivity index (χ0v) is 13.2. The third kappa shape index (κ3) is 5.16. The molecular weight excluding hydrogens is 216 g/mol. The van der Waals surface area contributed by atoms with E-state index in [-0.39, 0.29) is 0 Å². The van der Waals surface area contributed by atoms with Crippen LogP contribution in [0.2, 0.25) is 0 Å². The number of rotatable bonds is 7. The molecule has 4 atom stereocenters. The fraction of sp³-hybridized carbons (Fsp3) is 0.889. The Kier molecular flexibility index (Phi) is 7.04. The topological polar surface area (TPSA) is 0 Å². The number of allylic oxidation sites excluding steroid dienone is 1. The number of hydrogen-bond donors (Lipinski definition) is 0. The van der Waals surface area contributed by atoms with E-state index in [0.29, 0.717) is 0 Å². The highest BCUT2D eigenvalue weighted by Crippen LogP contribution is 2.41. The Morgan fingerprint density at radius 3 is 2.44 bits per heavy atom. The second kappa shape index (κ2) is 8.02. The molecule has 0 aliphatic heterocycles. The molecule has 0 saturated heterocycles. The molecule has 0 aromatic rings. The molecule has 1 aliphatic carbocycles. The summed E-state index contributed by atoms with van der Waals surface area (Å²) in [6, 6.07) is 0. The summed E-state index contributed by atoms with van der Waals surface area (Å²) in [4.78, 5) is 0. The molecule has 0 bridgehead atoms. The number of hydrogen-bond acceptors (Lipinski definition) is 0. The van der Waals surface area contributed by atoms with Crippen molar-refractivity contribution in [3.63, 3.8) is 0 Å². The zero-order valence-electron chi connectivity index (χ0n) is 13.2. The monoisotopic (exact) mass is 250 g/mol. The van der Waals surface area contributed by atoms with Crippen molar-refractivity contribution in [1.82, 2.24) is 0 Å². The van der Waals surface area contributed by atoms with Gasteiger partial charge in [0.15, 0.2) is 0 Å². The first kappa shape index (κ1) is 15.8. The van der Waals surface area contributed by atoms with E-state index in [1.807, 2.05) is 0 Å². The third-order valence-electron chi connectivity index (χ3n) is 5.22. The van der Waals surface area contributed by atoms with Crippen molar-refractivity contribution >= 4 is 0 Å². The predicted octanol–water partition coefficient (Wildman–Crippen LogP) is 6.22. The van der Waals surface area contributed by atoms with Crippen molar-refractivity contribution in [2.45, 2.75) is 79.1 Å². The SMILES string of the molecule is C=C(C)CCCCCC1CC(C)C(C)C(CC)C1. The fourth-order valence-corrected chi connectivity index (χ4v) is 3.75. The van der Waals surface area contributed by atoms with Crippen LogP contribution in [-0.4, -0.2) is 0 Å². The van der Waals surface area contributed by atoms with Gasteiger partial charge in [0, 0.05) is 0 Å². The van der Waals surface area contributed by atoms with Crippen LogP contribution in [0.25, 0.3) is 0 Å². The summed E-state index contributed by atoms with van der Waals surface area (Å²) in [5, 5.41) is 0. The van der Waals surface area contributed by atoms with Crippen molar-refractivity contribution in [2.75, 3.05) is 0 Å². The lowest BCUT2D eigenvalue weighted by Gasteiger charge is -2.38. The first-order valence-corrected chi connectivity index (χ1v) is 8.19. The van der Waals surface area contributed by atoms with E-state index in [0.717, 1.165) is 23.7 Å². The van der Waals surface area contributed by atoms with Gasteiger partial charge < -0.3 is 0 Å². The molecule has 0 nitrogen and oxygen atoms in total. The van der Waals surface area contributed by atoms with Gasteiger partial charge in [-0.05, 0) is 56.3 Å². The average molecular weight is 250 g/mol. The lowest BCUT2D eigenvalue weighted by Crippen LogP contribution is -2.29. The highest BCUT2D eigenvalue weighted by molar-refractivity contribution is 4.87. The van der Waals surface area contributed by atoms with Gasteiger partial charge in [-0.25, -0.2) is 0 Å². The molecule has 1 rings (SSSR count). The van der Waals surface area contributed by atoms with E-state index in [4.69, 9.17) is 0 Å². The van der Waals surface area contributed by atoms with E-state index in [1.54, 1.807) is 0 Å². The zero-order chi connectivity index (χ0) is 13.5. The summed E-state index contributed by atoms with van der Waals surface area (Å²) in [7, 11) is 0. The van der Waals surface area contributed by atoms with E-state index in [9.17, 15) is 0 Å². The lowest BCUT2D eigenvalue weighted by atomic mass is 9.67. The second-order valence-corrected chi connectivity index (χ2v) is 6.90.